The van der Waals surface area contributed by atoms with Crippen LogP contribution in [0, 0.1) is 0 Å². The zero-order valence-corrected chi connectivity index (χ0v) is 13.6. The molecule has 0 radical (unpaired) electrons. The lowest BCUT2D eigenvalue weighted by Crippen LogP contribution is -2.30. The number of benzene rings is 2. The van der Waals surface area contributed by atoms with Gasteiger partial charge in [-0.1, -0.05) is 61.2 Å². The summed E-state index contributed by atoms with van der Waals surface area (Å²) in [4.78, 5) is 0. The molecule has 0 fully saturated rings. The summed E-state index contributed by atoms with van der Waals surface area (Å²) in [7, 11) is 1.89. The fraction of sp³-hybridized carbons (Fsp3) is 0.150. The van der Waals surface area contributed by atoms with Crippen LogP contribution >= 0.6 is 0 Å². The summed E-state index contributed by atoms with van der Waals surface area (Å²) in [5, 5.41) is 6.34. The number of rotatable bonds is 3. The van der Waals surface area contributed by atoms with Crippen molar-refractivity contribution in [3.63, 3.8) is 0 Å². The van der Waals surface area contributed by atoms with E-state index in [1.807, 2.05) is 20.0 Å². The van der Waals surface area contributed by atoms with E-state index in [1.54, 1.807) is 4.68 Å². The van der Waals surface area contributed by atoms with E-state index in [1.165, 1.54) is 11.1 Å². The van der Waals surface area contributed by atoms with Crippen molar-refractivity contribution >= 4 is 12.3 Å². The van der Waals surface area contributed by atoms with Gasteiger partial charge in [0.25, 0.3) is 0 Å². The smallest absolute Gasteiger partial charge is 0.102 e. The zero-order chi connectivity index (χ0) is 16.4. The van der Waals surface area contributed by atoms with E-state index >= 15 is 0 Å². The van der Waals surface area contributed by atoms with Gasteiger partial charge < -0.3 is 5.73 Å². The van der Waals surface area contributed by atoms with Crippen LogP contribution in [-0.2, 0) is 13.5 Å². The minimum absolute atomic E-state index is 0.742. The normalized spacial score (nSPS) is 12.3. The first-order valence-corrected chi connectivity index (χ1v) is 7.68. The molecule has 2 N–H and O–H groups in total. The molecule has 2 aromatic carbocycles. The molecule has 23 heavy (non-hydrogen) atoms. The molecule has 0 atom stereocenters. The first-order chi connectivity index (χ1) is 11.1. The summed E-state index contributed by atoms with van der Waals surface area (Å²) in [6.07, 6.45) is 0.929. The minimum Gasteiger partial charge on any atom is -0.402 e. The van der Waals surface area contributed by atoms with Crippen LogP contribution in [0.3, 0.4) is 0 Å². The van der Waals surface area contributed by atoms with Crippen molar-refractivity contribution in [3.05, 3.63) is 76.3 Å². The van der Waals surface area contributed by atoms with Gasteiger partial charge in [0.05, 0.1) is 5.35 Å². The Labute approximate surface area is 136 Å². The maximum absolute atomic E-state index is 6.02. The molecule has 1 aromatic heterocycles. The van der Waals surface area contributed by atoms with Crippen LogP contribution in [0.25, 0.3) is 23.5 Å². The Morgan fingerprint density at radius 1 is 1.04 bits per heavy atom. The standard InChI is InChI=1S/C20H21N3/c1-14(21)19-15(2)23(3)22-20(19)18-11-9-17(10-12-18)13-16-7-5-4-6-8-16/h4-12H,2,13,21H2,1,3H3/b19-14-. The van der Waals surface area contributed by atoms with E-state index in [2.05, 4.69) is 60.2 Å². The van der Waals surface area contributed by atoms with Crippen LogP contribution in [0.5, 0.6) is 0 Å². The lowest BCUT2D eigenvalue weighted by atomic mass is 10.0. The molecule has 0 unspecified atom stereocenters. The highest BCUT2D eigenvalue weighted by Crippen LogP contribution is 2.16. The summed E-state index contributed by atoms with van der Waals surface area (Å²) >= 11 is 0. The molecule has 0 aliphatic heterocycles. The van der Waals surface area contributed by atoms with Gasteiger partial charge in [-0.2, -0.15) is 5.10 Å². The van der Waals surface area contributed by atoms with Crippen molar-refractivity contribution in [1.29, 1.82) is 0 Å². The van der Waals surface area contributed by atoms with Gasteiger partial charge in [-0.15, -0.1) is 0 Å². The Balaban J connectivity index is 1.97. The molecule has 116 valence electrons. The van der Waals surface area contributed by atoms with Crippen LogP contribution in [-0.4, -0.2) is 9.78 Å². The maximum Gasteiger partial charge on any atom is 0.102 e. The van der Waals surface area contributed by atoms with E-state index < -0.39 is 0 Å². The van der Waals surface area contributed by atoms with Crippen molar-refractivity contribution in [2.45, 2.75) is 13.3 Å². The molecule has 3 nitrogen and oxygen atoms in total. The van der Waals surface area contributed by atoms with Gasteiger partial charge in [0.1, 0.15) is 5.69 Å². The number of nitrogens with two attached hydrogens (primary N) is 1. The number of hydrogen-bond donors (Lipinski definition) is 1. The Hall–Kier alpha value is -2.81. The second-order valence-electron chi connectivity index (χ2n) is 5.84. The van der Waals surface area contributed by atoms with Gasteiger partial charge in [0.2, 0.25) is 0 Å². The van der Waals surface area contributed by atoms with E-state index in [0.717, 1.165) is 33.9 Å². The Morgan fingerprint density at radius 3 is 2.26 bits per heavy atom. The van der Waals surface area contributed by atoms with Crippen LogP contribution < -0.4 is 16.3 Å². The monoisotopic (exact) mass is 303 g/mol. The average molecular weight is 303 g/mol. The van der Waals surface area contributed by atoms with Crippen molar-refractivity contribution in [1.82, 2.24) is 9.78 Å². The molecule has 0 aliphatic rings. The number of nitrogens with zero attached hydrogens (tertiary/aromatic N) is 2. The molecule has 0 aliphatic carbocycles. The SMILES string of the molecule is C=c1/c(=C(\C)N)c(-c2ccc(Cc3ccccc3)cc2)nn1C. The topological polar surface area (TPSA) is 43.8 Å². The predicted octanol–water partition coefficient (Wildman–Crippen LogP) is 2.18. The molecular formula is C20H21N3. The number of aromatic nitrogens is 2. The fourth-order valence-electron chi connectivity index (χ4n) is 2.79. The second-order valence-corrected chi connectivity index (χ2v) is 5.84. The molecule has 1 heterocycles. The van der Waals surface area contributed by atoms with Crippen molar-refractivity contribution in [2.75, 3.05) is 0 Å². The van der Waals surface area contributed by atoms with Gasteiger partial charge in [0.15, 0.2) is 0 Å². The van der Waals surface area contributed by atoms with Gasteiger partial charge in [0, 0.05) is 23.5 Å². The van der Waals surface area contributed by atoms with E-state index in [0.29, 0.717) is 0 Å². The van der Waals surface area contributed by atoms with Gasteiger partial charge >= 0.3 is 0 Å². The van der Waals surface area contributed by atoms with Gasteiger partial charge in [-0.3, -0.25) is 4.68 Å². The molecule has 3 aromatic rings. The fourth-order valence-corrected chi connectivity index (χ4v) is 2.79. The highest BCUT2D eigenvalue weighted by Gasteiger charge is 2.08. The molecule has 0 saturated heterocycles. The molecule has 3 heteroatoms. The number of hydrogen-bond acceptors (Lipinski definition) is 2. The summed E-state index contributed by atoms with van der Waals surface area (Å²) in [6.45, 7) is 5.95. The first-order valence-electron chi connectivity index (χ1n) is 7.68. The van der Waals surface area contributed by atoms with Crippen LogP contribution in [0.4, 0.5) is 0 Å². The van der Waals surface area contributed by atoms with Gasteiger partial charge in [-0.05, 0) is 24.5 Å². The first kappa shape index (κ1) is 15.1. The Kier molecular flexibility index (Phi) is 4.02. The summed E-state index contributed by atoms with van der Waals surface area (Å²) in [5.74, 6) is 0. The molecule has 0 saturated carbocycles. The van der Waals surface area contributed by atoms with Gasteiger partial charge in [-0.25, -0.2) is 0 Å². The summed E-state index contributed by atoms with van der Waals surface area (Å²) in [5.41, 5.74) is 11.3. The number of aryl methyl sites for hydroxylation is 1. The second kappa shape index (κ2) is 6.13. The third-order valence-corrected chi connectivity index (χ3v) is 4.04. The molecule has 0 spiro atoms. The molecule has 0 amide bonds. The molecule has 0 bridgehead atoms. The van der Waals surface area contributed by atoms with Crippen LogP contribution in [0.15, 0.2) is 54.6 Å². The minimum atomic E-state index is 0.742. The highest BCUT2D eigenvalue weighted by atomic mass is 15.3. The van der Waals surface area contributed by atoms with Crippen LogP contribution in [0.1, 0.15) is 18.1 Å². The Morgan fingerprint density at radius 2 is 1.65 bits per heavy atom. The lowest BCUT2D eigenvalue weighted by Gasteiger charge is -2.04. The molecule has 3 rings (SSSR count). The third kappa shape index (κ3) is 3.04. The third-order valence-electron chi connectivity index (χ3n) is 4.04. The van der Waals surface area contributed by atoms with Crippen molar-refractivity contribution in [3.8, 4) is 11.3 Å². The quantitative estimate of drug-likeness (QED) is 0.806. The molecular weight excluding hydrogens is 282 g/mol. The largest absolute Gasteiger partial charge is 0.402 e. The summed E-state index contributed by atoms with van der Waals surface area (Å²) < 4.78 is 1.78. The van der Waals surface area contributed by atoms with E-state index in [9.17, 15) is 0 Å². The van der Waals surface area contributed by atoms with Crippen LogP contribution in [0.2, 0.25) is 0 Å². The Bertz CT molecular complexity index is 916. The predicted molar refractivity (Wildman–Crippen MR) is 95.9 cm³/mol. The van der Waals surface area contributed by atoms with E-state index in [-0.39, 0.29) is 0 Å². The summed E-state index contributed by atoms with van der Waals surface area (Å²) in [6, 6.07) is 19.0. The zero-order valence-electron chi connectivity index (χ0n) is 13.6. The van der Waals surface area contributed by atoms with Crippen molar-refractivity contribution in [2.24, 2.45) is 12.8 Å². The lowest BCUT2D eigenvalue weighted by molar-refractivity contribution is 0.747. The maximum atomic E-state index is 6.02. The highest BCUT2D eigenvalue weighted by molar-refractivity contribution is 5.63. The van der Waals surface area contributed by atoms with E-state index in [4.69, 9.17) is 5.73 Å². The average Bonchev–Trinajstić information content (AvgIpc) is 2.85. The van der Waals surface area contributed by atoms with Crippen molar-refractivity contribution < 1.29 is 0 Å².